The maximum absolute atomic E-state index is 12.8. The first kappa shape index (κ1) is 28.9. The molecule has 0 amide bonds. The molecular weight excluding hydrogens is 464 g/mol. The quantitative estimate of drug-likeness (QED) is 0.0728. The molecule has 0 bridgehead atoms. The molecule has 32 heavy (non-hydrogen) atoms. The number of benzene rings is 2. The van der Waals surface area contributed by atoms with Gasteiger partial charge in [-0.25, -0.2) is 8.42 Å². The van der Waals surface area contributed by atoms with Crippen LogP contribution in [0.25, 0.3) is 20.9 Å². The van der Waals surface area contributed by atoms with Crippen molar-refractivity contribution in [1.82, 2.24) is 0 Å². The van der Waals surface area contributed by atoms with Crippen molar-refractivity contribution in [3.8, 4) is 0 Å². The Morgan fingerprint density at radius 2 is 1.47 bits per heavy atom. The summed E-state index contributed by atoms with van der Waals surface area (Å²) < 4.78 is 38.8. The second-order valence-corrected chi connectivity index (χ2v) is 6.83. The van der Waals surface area contributed by atoms with Gasteiger partial charge in [0.25, 0.3) is 0 Å². The molecule has 0 fully saturated rings. The van der Waals surface area contributed by atoms with Gasteiger partial charge in [-0.3, -0.25) is 9.83 Å². The van der Waals surface area contributed by atoms with Gasteiger partial charge in [-0.15, -0.1) is 0 Å². The Hall–Kier alpha value is -3.13. The molecule has 0 aliphatic carbocycles. The summed E-state index contributed by atoms with van der Waals surface area (Å²) >= 11 is 0.302. The molecule has 2 aromatic carbocycles. The Balaban J connectivity index is 0.00000227. The summed E-state index contributed by atoms with van der Waals surface area (Å²) in [7, 11) is -5.11. The van der Waals surface area contributed by atoms with E-state index in [1.165, 1.54) is 18.2 Å². The van der Waals surface area contributed by atoms with E-state index in [-0.39, 0.29) is 21.8 Å². The zero-order chi connectivity index (χ0) is 24.7. The SMILES string of the molecule is CC.CC.[N-]=[N+]=Nc1ccc(C(=O)c2ccc(N=[N+]=[N-])cc2S(=O)(=O)[O-])c(SOO[O-])c1. The third kappa shape index (κ3) is 8.19. The minimum absolute atomic E-state index is 0.0564. The van der Waals surface area contributed by atoms with E-state index in [4.69, 9.17) is 11.1 Å². The van der Waals surface area contributed by atoms with Gasteiger partial charge in [0.2, 0.25) is 0 Å². The molecule has 0 aliphatic heterocycles. The first-order valence-electron chi connectivity index (χ1n) is 8.84. The van der Waals surface area contributed by atoms with E-state index in [1.807, 2.05) is 27.7 Å². The molecule has 2 aromatic rings. The predicted octanol–water partition coefficient (Wildman–Crippen LogP) is 4.99. The van der Waals surface area contributed by atoms with Crippen LogP contribution in [0.4, 0.5) is 11.4 Å². The third-order valence-corrected chi connectivity index (χ3v) is 4.68. The fourth-order valence-electron chi connectivity index (χ4n) is 2.10. The Labute approximate surface area is 188 Å². The Morgan fingerprint density at radius 3 is 1.94 bits per heavy atom. The van der Waals surface area contributed by atoms with Crippen LogP contribution < -0.4 is 5.26 Å². The Morgan fingerprint density at radius 1 is 0.969 bits per heavy atom. The molecule has 0 saturated heterocycles. The highest BCUT2D eigenvalue weighted by molar-refractivity contribution is 7.94. The molecule has 0 atom stereocenters. The van der Waals surface area contributed by atoms with Gasteiger partial charge in [-0.2, -0.15) is 4.33 Å². The van der Waals surface area contributed by atoms with Gasteiger partial charge < -0.3 is 9.81 Å². The summed E-state index contributed by atoms with van der Waals surface area (Å²) in [6.07, 6.45) is 0. The van der Waals surface area contributed by atoms with Crippen molar-refractivity contribution >= 4 is 39.3 Å². The van der Waals surface area contributed by atoms with E-state index in [9.17, 15) is 23.0 Å². The molecule has 0 aromatic heterocycles. The van der Waals surface area contributed by atoms with Crippen LogP contribution in [0.15, 0.2) is 56.4 Å². The number of azide groups is 2. The summed E-state index contributed by atoms with van der Waals surface area (Å²) in [5.74, 6) is -0.925. The van der Waals surface area contributed by atoms with Crippen LogP contribution in [-0.4, -0.2) is 18.8 Å². The van der Waals surface area contributed by atoms with Gasteiger partial charge in [-0.05, 0) is 35.3 Å². The first-order valence-corrected chi connectivity index (χ1v) is 11.0. The van der Waals surface area contributed by atoms with Crippen LogP contribution in [0.2, 0.25) is 0 Å². The number of ketones is 1. The molecular formula is C17H18N6O7S2-2. The van der Waals surface area contributed by atoms with Gasteiger partial charge in [0.1, 0.15) is 10.1 Å². The molecule has 0 N–H and O–H groups in total. The lowest BCUT2D eigenvalue weighted by Gasteiger charge is -2.15. The van der Waals surface area contributed by atoms with Crippen molar-refractivity contribution in [3.63, 3.8) is 0 Å². The predicted molar refractivity (Wildman–Crippen MR) is 113 cm³/mol. The number of rotatable bonds is 8. The molecule has 0 spiro atoms. The fourth-order valence-corrected chi connectivity index (χ4v) is 3.31. The van der Waals surface area contributed by atoms with Crippen molar-refractivity contribution < 1.29 is 32.4 Å². The van der Waals surface area contributed by atoms with E-state index < -0.39 is 26.4 Å². The summed E-state index contributed by atoms with van der Waals surface area (Å²) in [6.45, 7) is 8.00. The van der Waals surface area contributed by atoms with Crippen LogP contribution in [-0.2, 0) is 19.5 Å². The number of carbonyl (C=O) groups excluding carboxylic acids is 1. The van der Waals surface area contributed by atoms with Gasteiger partial charge in [0.05, 0.1) is 21.8 Å². The van der Waals surface area contributed by atoms with E-state index in [2.05, 4.69) is 29.4 Å². The molecule has 0 unspecified atom stereocenters. The number of hydrogen-bond donors (Lipinski definition) is 0. The maximum atomic E-state index is 12.8. The summed E-state index contributed by atoms with van der Waals surface area (Å²) in [4.78, 5) is 16.9. The van der Waals surface area contributed by atoms with Crippen LogP contribution in [0.1, 0.15) is 43.6 Å². The van der Waals surface area contributed by atoms with E-state index >= 15 is 0 Å². The van der Waals surface area contributed by atoms with Crippen LogP contribution >= 0.6 is 12.0 Å². The maximum Gasteiger partial charge on any atom is 0.195 e. The number of hydrogen-bond acceptors (Lipinski definition) is 10. The minimum Gasteiger partial charge on any atom is -0.744 e. The average molecular weight is 483 g/mol. The lowest BCUT2D eigenvalue weighted by molar-refractivity contribution is -0.777. The molecule has 0 heterocycles. The lowest BCUT2D eigenvalue weighted by atomic mass is 10.0. The van der Waals surface area contributed by atoms with Crippen molar-refractivity contribution in [2.24, 2.45) is 10.2 Å². The highest BCUT2D eigenvalue weighted by atomic mass is 32.2. The van der Waals surface area contributed by atoms with Crippen LogP contribution in [0.5, 0.6) is 0 Å². The normalized spacial score (nSPS) is 9.69. The van der Waals surface area contributed by atoms with Crippen molar-refractivity contribution in [3.05, 3.63) is 68.4 Å². The molecule has 172 valence electrons. The van der Waals surface area contributed by atoms with Gasteiger partial charge in [0.15, 0.2) is 5.78 Å². The van der Waals surface area contributed by atoms with E-state index in [1.54, 1.807) is 0 Å². The topological polar surface area (TPSA) is 213 Å². The highest BCUT2D eigenvalue weighted by Gasteiger charge is 2.21. The average Bonchev–Trinajstić information content (AvgIpc) is 2.80. The van der Waals surface area contributed by atoms with Crippen LogP contribution in [0, 0.1) is 0 Å². The van der Waals surface area contributed by atoms with E-state index in [0.29, 0.717) is 12.0 Å². The minimum atomic E-state index is -5.11. The zero-order valence-corrected chi connectivity index (χ0v) is 19.0. The van der Waals surface area contributed by atoms with Gasteiger partial charge in [0, 0.05) is 32.3 Å². The fraction of sp³-hybridized carbons (Fsp3) is 0.235. The second-order valence-electron chi connectivity index (χ2n) is 4.74. The number of nitrogens with zero attached hydrogens (tertiary/aromatic N) is 6. The Kier molecular flexibility index (Phi) is 13.4. The zero-order valence-electron chi connectivity index (χ0n) is 17.3. The second kappa shape index (κ2) is 14.8. The largest absolute Gasteiger partial charge is 0.744 e. The van der Waals surface area contributed by atoms with Crippen molar-refractivity contribution in [2.75, 3.05) is 0 Å². The molecule has 0 aliphatic rings. The van der Waals surface area contributed by atoms with Gasteiger partial charge >= 0.3 is 0 Å². The molecule has 13 nitrogen and oxygen atoms in total. The van der Waals surface area contributed by atoms with E-state index in [0.717, 1.165) is 18.2 Å². The molecule has 0 radical (unpaired) electrons. The third-order valence-electron chi connectivity index (χ3n) is 3.16. The summed E-state index contributed by atoms with van der Waals surface area (Å²) in [6, 6.07) is 6.49. The van der Waals surface area contributed by atoms with Crippen LogP contribution in [0.3, 0.4) is 0 Å². The first-order chi connectivity index (χ1) is 15.3. The molecule has 0 saturated carbocycles. The van der Waals surface area contributed by atoms with Crippen molar-refractivity contribution in [2.45, 2.75) is 37.5 Å². The highest BCUT2D eigenvalue weighted by Crippen LogP contribution is 2.32. The number of carbonyl (C=O) groups is 1. The summed E-state index contributed by atoms with van der Waals surface area (Å²) in [5, 5.41) is 19.8. The Bertz CT molecular complexity index is 1130. The van der Waals surface area contributed by atoms with Gasteiger partial charge in [-0.1, -0.05) is 50.1 Å². The molecule has 15 heteroatoms. The lowest BCUT2D eigenvalue weighted by Crippen LogP contribution is -2.11. The summed E-state index contributed by atoms with van der Waals surface area (Å²) in [5.41, 5.74) is 16.1. The smallest absolute Gasteiger partial charge is 0.195 e. The monoisotopic (exact) mass is 482 g/mol. The standard InChI is InChI=1S/C13H8N6O7S2.2C2H6/c14-18-16-7-1-3-9(11(5-7)27-26-25-21)13(20)10-4-2-8(17-19-15)6-12(10)28(22,23)24;2*1-2/h1-6,21H,(H,22,23,24);2*1-2H3/p-2. The van der Waals surface area contributed by atoms with Crippen molar-refractivity contribution in [1.29, 1.82) is 0 Å². The molecule has 2 rings (SSSR count).